The van der Waals surface area contributed by atoms with E-state index in [2.05, 4.69) is 5.32 Å². The topological polar surface area (TPSA) is 38.3 Å². The van der Waals surface area contributed by atoms with E-state index >= 15 is 0 Å². The maximum Gasteiger partial charge on any atom is 0.187 e. The van der Waals surface area contributed by atoms with Gasteiger partial charge in [0.15, 0.2) is 5.78 Å². The van der Waals surface area contributed by atoms with E-state index in [1.54, 1.807) is 31.5 Å². The SMILES string of the molecule is COc1ccc(Cl)cc1N/C=C\C(=O)c1ccc(-c2ccccc2)cc1. The van der Waals surface area contributed by atoms with E-state index in [4.69, 9.17) is 16.3 Å². The van der Waals surface area contributed by atoms with E-state index in [0.717, 1.165) is 11.1 Å². The molecule has 0 aromatic heterocycles. The molecular formula is C22H18ClNO2. The number of halogens is 1. The number of ether oxygens (including phenoxy) is 1. The van der Waals surface area contributed by atoms with Crippen molar-refractivity contribution in [2.75, 3.05) is 12.4 Å². The smallest absolute Gasteiger partial charge is 0.187 e. The fraction of sp³-hybridized carbons (Fsp3) is 0.0455. The van der Waals surface area contributed by atoms with Crippen LogP contribution in [-0.4, -0.2) is 12.9 Å². The first kappa shape index (κ1) is 17.8. The molecule has 0 aliphatic rings. The predicted molar refractivity (Wildman–Crippen MR) is 107 cm³/mol. The van der Waals surface area contributed by atoms with Gasteiger partial charge in [-0.15, -0.1) is 0 Å². The van der Waals surface area contributed by atoms with Gasteiger partial charge in [0.2, 0.25) is 0 Å². The minimum absolute atomic E-state index is 0.0851. The molecule has 3 nitrogen and oxygen atoms in total. The lowest BCUT2D eigenvalue weighted by atomic mass is 10.0. The van der Waals surface area contributed by atoms with E-state index in [1.165, 1.54) is 6.08 Å². The Balaban J connectivity index is 1.68. The van der Waals surface area contributed by atoms with Gasteiger partial charge >= 0.3 is 0 Å². The number of nitrogens with one attached hydrogen (secondary N) is 1. The van der Waals surface area contributed by atoms with Crippen LogP contribution in [0.4, 0.5) is 5.69 Å². The summed E-state index contributed by atoms with van der Waals surface area (Å²) in [6.07, 6.45) is 3.07. The lowest BCUT2D eigenvalue weighted by Gasteiger charge is -2.08. The van der Waals surface area contributed by atoms with Crippen LogP contribution in [0, 0.1) is 0 Å². The van der Waals surface area contributed by atoms with Crippen LogP contribution in [0.2, 0.25) is 5.02 Å². The lowest BCUT2D eigenvalue weighted by molar-refractivity contribution is 0.104. The van der Waals surface area contributed by atoms with E-state index < -0.39 is 0 Å². The van der Waals surface area contributed by atoms with Crippen molar-refractivity contribution in [2.45, 2.75) is 0 Å². The van der Waals surface area contributed by atoms with Gasteiger partial charge in [0.1, 0.15) is 5.75 Å². The van der Waals surface area contributed by atoms with Crippen LogP contribution in [0.15, 0.2) is 85.1 Å². The van der Waals surface area contributed by atoms with Gasteiger partial charge in [-0.3, -0.25) is 4.79 Å². The Morgan fingerprint density at radius 1 is 0.962 bits per heavy atom. The molecule has 0 radical (unpaired) electrons. The largest absolute Gasteiger partial charge is 0.495 e. The maximum absolute atomic E-state index is 12.3. The van der Waals surface area contributed by atoms with E-state index in [-0.39, 0.29) is 5.78 Å². The molecule has 0 amide bonds. The second-order valence-electron chi connectivity index (χ2n) is 5.63. The zero-order valence-electron chi connectivity index (χ0n) is 14.3. The van der Waals surface area contributed by atoms with Gasteiger partial charge in [0, 0.05) is 22.9 Å². The van der Waals surface area contributed by atoms with Crippen LogP contribution in [0.25, 0.3) is 11.1 Å². The van der Waals surface area contributed by atoms with Crippen LogP contribution < -0.4 is 10.1 Å². The molecule has 3 aromatic carbocycles. The lowest BCUT2D eigenvalue weighted by Crippen LogP contribution is -1.97. The molecule has 0 spiro atoms. The highest BCUT2D eigenvalue weighted by molar-refractivity contribution is 6.30. The molecule has 1 N–H and O–H groups in total. The number of rotatable bonds is 6. The van der Waals surface area contributed by atoms with Gasteiger partial charge in [-0.05, 0) is 29.3 Å². The van der Waals surface area contributed by atoms with Crippen LogP contribution >= 0.6 is 11.6 Å². The standard InChI is InChI=1S/C22H18ClNO2/c1-26-22-12-11-19(23)15-20(22)24-14-13-21(25)18-9-7-17(8-10-18)16-5-3-2-4-6-16/h2-15,24H,1H3/b14-13-. The van der Waals surface area contributed by atoms with Crippen molar-refractivity contribution < 1.29 is 9.53 Å². The third-order valence-electron chi connectivity index (χ3n) is 3.91. The van der Waals surface area contributed by atoms with Crippen molar-refractivity contribution in [3.63, 3.8) is 0 Å². The number of carbonyl (C=O) groups excluding carboxylic acids is 1. The maximum atomic E-state index is 12.3. The first-order valence-corrected chi connectivity index (χ1v) is 8.51. The van der Waals surface area contributed by atoms with Crippen LogP contribution in [-0.2, 0) is 0 Å². The van der Waals surface area contributed by atoms with Crippen molar-refractivity contribution in [3.8, 4) is 16.9 Å². The van der Waals surface area contributed by atoms with Gasteiger partial charge in [0.25, 0.3) is 0 Å². The molecule has 0 saturated carbocycles. The highest BCUT2D eigenvalue weighted by Crippen LogP contribution is 2.27. The minimum Gasteiger partial charge on any atom is -0.495 e. The summed E-state index contributed by atoms with van der Waals surface area (Å²) in [5.74, 6) is 0.566. The van der Waals surface area contributed by atoms with Gasteiger partial charge in [-0.25, -0.2) is 0 Å². The summed E-state index contributed by atoms with van der Waals surface area (Å²) >= 11 is 5.99. The average Bonchev–Trinajstić information content (AvgIpc) is 2.69. The summed E-state index contributed by atoms with van der Waals surface area (Å²) in [5.41, 5.74) is 3.52. The zero-order valence-corrected chi connectivity index (χ0v) is 15.0. The number of hydrogen-bond acceptors (Lipinski definition) is 3. The molecule has 0 atom stereocenters. The number of carbonyl (C=O) groups is 1. The first-order chi connectivity index (χ1) is 12.7. The highest BCUT2D eigenvalue weighted by atomic mass is 35.5. The fourth-order valence-corrected chi connectivity index (χ4v) is 2.73. The normalized spacial score (nSPS) is 10.7. The van der Waals surface area contributed by atoms with Gasteiger partial charge in [-0.1, -0.05) is 66.2 Å². The molecule has 0 fully saturated rings. The molecule has 0 heterocycles. The molecule has 130 valence electrons. The summed E-state index contributed by atoms with van der Waals surface area (Å²) in [7, 11) is 1.58. The third kappa shape index (κ3) is 4.32. The number of hydrogen-bond donors (Lipinski definition) is 1. The average molecular weight is 364 g/mol. The second kappa shape index (κ2) is 8.37. The number of benzene rings is 3. The van der Waals surface area contributed by atoms with Crippen molar-refractivity contribution in [1.82, 2.24) is 0 Å². The van der Waals surface area contributed by atoms with Gasteiger partial charge in [0.05, 0.1) is 12.8 Å². The molecule has 0 aliphatic heterocycles. The number of allylic oxidation sites excluding steroid dienone is 1. The Kier molecular flexibility index (Phi) is 5.72. The molecule has 0 bridgehead atoms. The van der Waals surface area contributed by atoms with Crippen molar-refractivity contribution >= 4 is 23.1 Å². The van der Waals surface area contributed by atoms with Crippen molar-refractivity contribution in [2.24, 2.45) is 0 Å². The number of methoxy groups -OCH3 is 1. The van der Waals surface area contributed by atoms with E-state index in [9.17, 15) is 4.79 Å². The third-order valence-corrected chi connectivity index (χ3v) is 4.15. The zero-order chi connectivity index (χ0) is 18.4. The van der Waals surface area contributed by atoms with Crippen LogP contribution in [0.5, 0.6) is 5.75 Å². The fourth-order valence-electron chi connectivity index (χ4n) is 2.55. The molecule has 3 aromatic rings. The van der Waals surface area contributed by atoms with E-state index in [0.29, 0.717) is 22.0 Å². The molecular weight excluding hydrogens is 346 g/mol. The molecule has 4 heteroatoms. The van der Waals surface area contributed by atoms with Crippen molar-refractivity contribution in [1.29, 1.82) is 0 Å². The Bertz CT molecular complexity index is 919. The summed E-state index contributed by atoms with van der Waals surface area (Å²) in [4.78, 5) is 12.3. The second-order valence-corrected chi connectivity index (χ2v) is 6.07. The molecule has 0 unspecified atom stereocenters. The molecule has 0 aliphatic carbocycles. The minimum atomic E-state index is -0.0851. The summed E-state index contributed by atoms with van der Waals surface area (Å²) in [6, 6.07) is 22.9. The Hall–Kier alpha value is -3.04. The Morgan fingerprint density at radius 3 is 2.35 bits per heavy atom. The molecule has 0 saturated heterocycles. The van der Waals surface area contributed by atoms with E-state index in [1.807, 2.05) is 54.6 Å². The first-order valence-electron chi connectivity index (χ1n) is 8.14. The quantitative estimate of drug-likeness (QED) is 0.442. The van der Waals surface area contributed by atoms with Gasteiger partial charge in [-0.2, -0.15) is 0 Å². The summed E-state index contributed by atoms with van der Waals surface area (Å²) in [5, 5.41) is 3.62. The predicted octanol–water partition coefficient (Wildman–Crippen LogP) is 5.82. The molecule has 3 rings (SSSR count). The monoisotopic (exact) mass is 363 g/mol. The van der Waals surface area contributed by atoms with Crippen LogP contribution in [0.3, 0.4) is 0 Å². The Morgan fingerprint density at radius 2 is 1.65 bits per heavy atom. The summed E-state index contributed by atoms with van der Waals surface area (Å²) in [6.45, 7) is 0. The molecule has 26 heavy (non-hydrogen) atoms. The van der Waals surface area contributed by atoms with Gasteiger partial charge < -0.3 is 10.1 Å². The summed E-state index contributed by atoms with van der Waals surface area (Å²) < 4.78 is 5.26. The Labute approximate surface area is 157 Å². The number of ketones is 1. The van der Waals surface area contributed by atoms with Crippen LogP contribution in [0.1, 0.15) is 10.4 Å². The van der Waals surface area contributed by atoms with Crippen molar-refractivity contribution in [3.05, 3.63) is 95.7 Å². The highest BCUT2D eigenvalue weighted by Gasteiger charge is 2.04. The number of anilines is 1.